The topological polar surface area (TPSA) is 88.0 Å². The van der Waals surface area contributed by atoms with Crippen LogP contribution in [-0.4, -0.2) is 38.0 Å². The van der Waals surface area contributed by atoms with Crippen molar-refractivity contribution in [1.29, 1.82) is 0 Å². The van der Waals surface area contributed by atoms with Crippen LogP contribution >= 0.6 is 0 Å². The average molecular weight is 380 g/mol. The van der Waals surface area contributed by atoms with Crippen molar-refractivity contribution in [3.63, 3.8) is 0 Å². The van der Waals surface area contributed by atoms with Gasteiger partial charge in [-0.25, -0.2) is 9.97 Å². The molecule has 2 aliphatic rings. The molecule has 2 aromatic heterocycles. The number of hydrogen-bond acceptors (Lipinski definition) is 6. The van der Waals surface area contributed by atoms with E-state index in [0.29, 0.717) is 17.4 Å². The van der Waals surface area contributed by atoms with Crippen LogP contribution in [0.15, 0.2) is 24.5 Å². The molecule has 6 heteroatoms. The number of aromatic nitrogens is 3. The summed E-state index contributed by atoms with van der Waals surface area (Å²) in [5.74, 6) is 0.960. The fourth-order valence-electron chi connectivity index (χ4n) is 4.52. The van der Waals surface area contributed by atoms with E-state index in [4.69, 9.17) is 4.98 Å². The lowest BCUT2D eigenvalue weighted by Gasteiger charge is -2.27. The first-order chi connectivity index (χ1) is 13.6. The van der Waals surface area contributed by atoms with E-state index in [9.17, 15) is 9.90 Å². The lowest BCUT2D eigenvalue weighted by Crippen LogP contribution is -2.29. The predicted molar refractivity (Wildman–Crippen MR) is 107 cm³/mol. The first kappa shape index (κ1) is 19.0. The summed E-state index contributed by atoms with van der Waals surface area (Å²) in [5, 5.41) is 13.4. The lowest BCUT2D eigenvalue weighted by molar-refractivity contribution is 0.0994. The Bertz CT molecular complexity index is 854. The molecule has 0 spiro atoms. The van der Waals surface area contributed by atoms with Crippen LogP contribution in [0.1, 0.15) is 66.3 Å². The number of nitrogens with zero attached hydrogens (tertiary/aromatic N) is 3. The van der Waals surface area contributed by atoms with Gasteiger partial charge in [-0.1, -0.05) is 12.5 Å². The minimum Gasteiger partial charge on any atom is -0.393 e. The molecular formula is C22H28N4O2. The Hall–Kier alpha value is -2.34. The first-order valence-corrected chi connectivity index (χ1v) is 10.3. The summed E-state index contributed by atoms with van der Waals surface area (Å²) >= 11 is 0. The van der Waals surface area contributed by atoms with Crippen molar-refractivity contribution < 1.29 is 9.90 Å². The highest BCUT2D eigenvalue weighted by Crippen LogP contribution is 2.28. The highest BCUT2D eigenvalue weighted by atomic mass is 16.3. The Kier molecular flexibility index (Phi) is 5.67. The minimum atomic E-state index is -0.227. The zero-order valence-electron chi connectivity index (χ0n) is 16.4. The van der Waals surface area contributed by atoms with Crippen molar-refractivity contribution in [2.45, 2.75) is 70.4 Å². The third-order valence-corrected chi connectivity index (χ3v) is 6.00. The third kappa shape index (κ3) is 4.38. The summed E-state index contributed by atoms with van der Waals surface area (Å²) in [7, 11) is 0. The van der Waals surface area contributed by atoms with Crippen molar-refractivity contribution in [3.8, 4) is 0 Å². The fraction of sp³-hybridized carbons (Fsp3) is 0.545. The number of pyridine rings is 1. The monoisotopic (exact) mass is 380 g/mol. The first-order valence-electron chi connectivity index (χ1n) is 10.3. The number of aryl methyl sites for hydroxylation is 1. The van der Waals surface area contributed by atoms with Crippen LogP contribution in [-0.2, 0) is 19.3 Å². The van der Waals surface area contributed by atoms with Crippen LogP contribution in [0.2, 0.25) is 0 Å². The molecule has 1 fully saturated rings. The molecule has 6 nitrogen and oxygen atoms in total. The van der Waals surface area contributed by atoms with E-state index >= 15 is 0 Å². The van der Waals surface area contributed by atoms with Gasteiger partial charge in [0.2, 0.25) is 5.95 Å². The zero-order valence-corrected chi connectivity index (χ0v) is 16.4. The smallest absolute Gasteiger partial charge is 0.223 e. The molecule has 2 aliphatic carbocycles. The van der Waals surface area contributed by atoms with Crippen LogP contribution in [0.3, 0.4) is 0 Å². The van der Waals surface area contributed by atoms with Crippen molar-refractivity contribution in [3.05, 3.63) is 47.0 Å². The zero-order chi connectivity index (χ0) is 19.5. The lowest BCUT2D eigenvalue weighted by atomic mass is 9.83. The molecule has 1 saturated carbocycles. The molecule has 2 N–H and O–H groups in total. The number of carbonyl (C=O) groups excluding carboxylic acids is 1. The third-order valence-electron chi connectivity index (χ3n) is 6.00. The number of Topliss-reactive ketones (excluding diaryl/α,β-unsaturated/α-hetero) is 1. The van der Waals surface area contributed by atoms with Gasteiger partial charge in [-0.3, -0.25) is 9.78 Å². The molecule has 0 aromatic carbocycles. The number of carbonyl (C=O) groups is 1. The van der Waals surface area contributed by atoms with Gasteiger partial charge in [-0.05, 0) is 69.4 Å². The van der Waals surface area contributed by atoms with E-state index in [1.54, 1.807) is 13.1 Å². The van der Waals surface area contributed by atoms with Gasteiger partial charge in [0.1, 0.15) is 0 Å². The molecular weight excluding hydrogens is 352 g/mol. The number of hydrogen-bond donors (Lipinski definition) is 2. The highest BCUT2D eigenvalue weighted by Gasteiger charge is 2.24. The van der Waals surface area contributed by atoms with Gasteiger partial charge < -0.3 is 10.4 Å². The molecule has 0 amide bonds. The summed E-state index contributed by atoms with van der Waals surface area (Å²) in [5.41, 5.74) is 3.87. The molecule has 0 radical (unpaired) electrons. The molecule has 0 bridgehead atoms. The van der Waals surface area contributed by atoms with Gasteiger partial charge in [0, 0.05) is 24.1 Å². The van der Waals surface area contributed by atoms with E-state index in [-0.39, 0.29) is 17.9 Å². The number of anilines is 1. The molecule has 2 unspecified atom stereocenters. The standard InChI is InChI=1S/C22H28N4O2/c1-14(27)19-13-24-22(26-21(19)11-15-4-2-6-18(28)10-15)25-17-7-8-20-16(12-17)5-3-9-23-20/h3,5,9,13,15,17-18,28H,2,4,6-8,10-12H2,1H3,(H,24,25,26)/t15?,17-,18?/m1/s1. The molecule has 2 aromatic rings. The van der Waals surface area contributed by atoms with Crippen LogP contribution in [0.25, 0.3) is 0 Å². The van der Waals surface area contributed by atoms with Gasteiger partial charge in [-0.2, -0.15) is 0 Å². The van der Waals surface area contributed by atoms with Crippen molar-refractivity contribution in [2.24, 2.45) is 5.92 Å². The Morgan fingerprint density at radius 2 is 2.18 bits per heavy atom. The van der Waals surface area contributed by atoms with Gasteiger partial charge in [0.25, 0.3) is 0 Å². The molecule has 0 aliphatic heterocycles. The van der Waals surface area contributed by atoms with Crippen LogP contribution in [0, 0.1) is 5.92 Å². The number of rotatable bonds is 5. The normalized spacial score (nSPS) is 24.4. The molecule has 28 heavy (non-hydrogen) atoms. The minimum absolute atomic E-state index is 0.00410. The number of aliphatic hydroxyl groups excluding tert-OH is 1. The fourth-order valence-corrected chi connectivity index (χ4v) is 4.52. The van der Waals surface area contributed by atoms with Gasteiger partial charge in [-0.15, -0.1) is 0 Å². The maximum absolute atomic E-state index is 12.1. The number of aliphatic hydroxyl groups is 1. The Morgan fingerprint density at radius 1 is 1.29 bits per heavy atom. The summed E-state index contributed by atoms with van der Waals surface area (Å²) in [6.07, 6.45) is 10.6. The van der Waals surface area contributed by atoms with E-state index in [0.717, 1.165) is 57.1 Å². The maximum Gasteiger partial charge on any atom is 0.223 e. The number of nitrogens with one attached hydrogen (secondary N) is 1. The molecule has 3 atom stereocenters. The van der Waals surface area contributed by atoms with Crippen LogP contribution in [0.5, 0.6) is 0 Å². The van der Waals surface area contributed by atoms with Gasteiger partial charge in [0.05, 0.1) is 17.4 Å². The molecule has 148 valence electrons. The maximum atomic E-state index is 12.1. The van der Waals surface area contributed by atoms with E-state index in [2.05, 4.69) is 21.4 Å². The van der Waals surface area contributed by atoms with Gasteiger partial charge in [0.15, 0.2) is 5.78 Å². The second-order valence-corrected chi connectivity index (χ2v) is 8.19. The quantitative estimate of drug-likeness (QED) is 0.775. The summed E-state index contributed by atoms with van der Waals surface area (Å²) in [4.78, 5) is 25.6. The Balaban J connectivity index is 1.49. The largest absolute Gasteiger partial charge is 0.393 e. The number of fused-ring (bicyclic) bond motifs is 1. The SMILES string of the molecule is CC(=O)c1cnc(N[C@@H]2CCc3ncccc3C2)nc1CC1CCCC(O)C1. The second-order valence-electron chi connectivity index (χ2n) is 8.19. The predicted octanol–water partition coefficient (Wildman–Crippen LogP) is 3.14. The van der Waals surface area contributed by atoms with Crippen LogP contribution < -0.4 is 5.32 Å². The second kappa shape index (κ2) is 8.35. The van der Waals surface area contributed by atoms with Gasteiger partial charge >= 0.3 is 0 Å². The summed E-state index contributed by atoms with van der Waals surface area (Å²) < 4.78 is 0. The van der Waals surface area contributed by atoms with Crippen LogP contribution in [0.4, 0.5) is 5.95 Å². The molecule has 0 saturated heterocycles. The Labute approximate surface area is 165 Å². The summed E-state index contributed by atoms with van der Waals surface area (Å²) in [6.45, 7) is 1.57. The molecule has 4 rings (SSSR count). The highest BCUT2D eigenvalue weighted by molar-refractivity contribution is 5.94. The van der Waals surface area contributed by atoms with Crippen molar-refractivity contribution in [1.82, 2.24) is 15.0 Å². The van der Waals surface area contributed by atoms with Crippen molar-refractivity contribution >= 4 is 11.7 Å². The van der Waals surface area contributed by atoms with E-state index in [1.807, 2.05) is 12.3 Å². The average Bonchev–Trinajstić information content (AvgIpc) is 2.68. The van der Waals surface area contributed by atoms with Crippen molar-refractivity contribution in [2.75, 3.05) is 5.32 Å². The summed E-state index contributed by atoms with van der Waals surface area (Å²) in [6, 6.07) is 4.38. The molecule has 2 heterocycles. The Morgan fingerprint density at radius 3 is 3.00 bits per heavy atom. The number of ketones is 1. The van der Waals surface area contributed by atoms with E-state index in [1.165, 1.54) is 11.3 Å². The van der Waals surface area contributed by atoms with E-state index < -0.39 is 0 Å².